The van der Waals surface area contributed by atoms with Crippen LogP contribution in [0.1, 0.15) is 49.9 Å². The molecule has 1 aliphatic carbocycles. The Bertz CT molecular complexity index is 479. The summed E-state index contributed by atoms with van der Waals surface area (Å²) in [5.41, 5.74) is 7.08. The van der Waals surface area contributed by atoms with Crippen molar-refractivity contribution in [2.75, 3.05) is 5.73 Å². The van der Waals surface area contributed by atoms with Gasteiger partial charge in [-0.05, 0) is 50.7 Å². The molecule has 1 aliphatic rings. The molecule has 2 rings (SSSR count). The summed E-state index contributed by atoms with van der Waals surface area (Å²) in [6.07, 6.45) is 4.60. The quantitative estimate of drug-likeness (QED) is 0.669. The van der Waals surface area contributed by atoms with E-state index in [1.807, 2.05) is 0 Å². The highest BCUT2D eigenvalue weighted by atomic mass is 79.9. The molecular formula is C15H20BrNO2. The maximum atomic E-state index is 11.7. The van der Waals surface area contributed by atoms with Crippen LogP contribution in [0.2, 0.25) is 0 Å². The highest BCUT2D eigenvalue weighted by Gasteiger charge is 2.22. The van der Waals surface area contributed by atoms with Crippen molar-refractivity contribution in [3.63, 3.8) is 0 Å². The first-order chi connectivity index (χ1) is 8.97. The van der Waals surface area contributed by atoms with Gasteiger partial charge in [0.2, 0.25) is 0 Å². The van der Waals surface area contributed by atoms with Crippen LogP contribution < -0.4 is 10.5 Å². The predicted octanol–water partition coefficient (Wildman–Crippen LogP) is 4.19. The molecule has 1 fully saturated rings. The number of anilines is 1. The smallest absolute Gasteiger partial charge is 0.163 e. The number of nitrogens with two attached hydrogens (primary N) is 1. The largest absolute Gasteiger partial charge is 0.488 e. The maximum Gasteiger partial charge on any atom is 0.163 e. The number of nitrogen functional groups attached to an aromatic ring is 1. The maximum absolute atomic E-state index is 11.7. The summed E-state index contributed by atoms with van der Waals surface area (Å²) in [6.45, 7) is 3.81. The van der Waals surface area contributed by atoms with Crippen molar-refractivity contribution in [1.29, 1.82) is 0 Å². The molecule has 0 amide bonds. The van der Waals surface area contributed by atoms with Crippen LogP contribution >= 0.6 is 15.9 Å². The molecule has 104 valence electrons. The number of hydrogen-bond donors (Lipinski definition) is 1. The summed E-state index contributed by atoms with van der Waals surface area (Å²) in [5, 5.41) is 0. The zero-order valence-corrected chi connectivity index (χ0v) is 13.0. The van der Waals surface area contributed by atoms with E-state index in [0.29, 0.717) is 17.0 Å². The number of carbonyl (C=O) groups is 1. The van der Waals surface area contributed by atoms with Gasteiger partial charge in [0.1, 0.15) is 0 Å². The standard InChI is InChI=1S/C15H20BrNO2/c1-9-3-5-12(6-4-9)19-15-13(10(2)18)7-11(16)8-14(15)17/h7-9,12H,3-6,17H2,1-2H3. The molecule has 3 nitrogen and oxygen atoms in total. The molecule has 1 saturated carbocycles. The summed E-state index contributed by atoms with van der Waals surface area (Å²) < 4.78 is 6.82. The van der Waals surface area contributed by atoms with Crippen LogP contribution in [0, 0.1) is 5.92 Å². The first-order valence-corrected chi connectivity index (χ1v) is 7.53. The van der Waals surface area contributed by atoms with Gasteiger partial charge in [0.15, 0.2) is 11.5 Å². The Morgan fingerprint density at radius 3 is 2.53 bits per heavy atom. The van der Waals surface area contributed by atoms with Crippen LogP contribution in [0.4, 0.5) is 5.69 Å². The highest BCUT2D eigenvalue weighted by molar-refractivity contribution is 9.10. The molecule has 1 aromatic rings. The molecular weight excluding hydrogens is 306 g/mol. The molecule has 1 aromatic carbocycles. The second kappa shape index (κ2) is 5.95. The first-order valence-electron chi connectivity index (χ1n) is 6.74. The predicted molar refractivity (Wildman–Crippen MR) is 80.6 cm³/mol. The van der Waals surface area contributed by atoms with Crippen LogP contribution in [0.3, 0.4) is 0 Å². The van der Waals surface area contributed by atoms with Gasteiger partial charge in [0.05, 0.1) is 17.4 Å². The number of benzene rings is 1. The van der Waals surface area contributed by atoms with E-state index in [0.717, 1.165) is 23.2 Å². The lowest BCUT2D eigenvalue weighted by atomic mass is 9.89. The van der Waals surface area contributed by atoms with E-state index in [-0.39, 0.29) is 11.9 Å². The van der Waals surface area contributed by atoms with Gasteiger partial charge < -0.3 is 10.5 Å². The summed E-state index contributed by atoms with van der Waals surface area (Å²) in [4.78, 5) is 11.7. The van der Waals surface area contributed by atoms with E-state index in [2.05, 4.69) is 22.9 Å². The molecule has 0 saturated heterocycles. The molecule has 2 N–H and O–H groups in total. The Balaban J connectivity index is 2.21. The van der Waals surface area contributed by atoms with E-state index in [1.165, 1.54) is 19.8 Å². The fourth-order valence-corrected chi connectivity index (χ4v) is 3.00. The van der Waals surface area contributed by atoms with Crippen molar-refractivity contribution in [1.82, 2.24) is 0 Å². The minimum absolute atomic E-state index is 0.0211. The van der Waals surface area contributed by atoms with Gasteiger partial charge in [-0.1, -0.05) is 22.9 Å². The molecule has 19 heavy (non-hydrogen) atoms. The van der Waals surface area contributed by atoms with Crippen LogP contribution in [-0.4, -0.2) is 11.9 Å². The van der Waals surface area contributed by atoms with Gasteiger partial charge in [-0.15, -0.1) is 0 Å². The third-order valence-corrected chi connectivity index (χ3v) is 4.17. The van der Waals surface area contributed by atoms with Crippen LogP contribution in [0.15, 0.2) is 16.6 Å². The third kappa shape index (κ3) is 3.50. The molecule has 0 unspecified atom stereocenters. The van der Waals surface area contributed by atoms with Gasteiger partial charge in [-0.2, -0.15) is 0 Å². The van der Waals surface area contributed by atoms with Gasteiger partial charge in [0.25, 0.3) is 0 Å². The number of carbonyl (C=O) groups excluding carboxylic acids is 1. The zero-order chi connectivity index (χ0) is 14.0. The molecule has 0 spiro atoms. The number of ketones is 1. The van der Waals surface area contributed by atoms with Crippen LogP contribution in [0.25, 0.3) is 0 Å². The monoisotopic (exact) mass is 325 g/mol. The molecule has 0 aromatic heterocycles. The summed E-state index contributed by atoms with van der Waals surface area (Å²) >= 11 is 3.36. The lowest BCUT2D eigenvalue weighted by Crippen LogP contribution is -2.24. The second-order valence-electron chi connectivity index (χ2n) is 5.43. The van der Waals surface area contributed by atoms with Crippen molar-refractivity contribution < 1.29 is 9.53 Å². The molecule has 4 heteroatoms. The van der Waals surface area contributed by atoms with Crippen molar-refractivity contribution in [3.05, 3.63) is 22.2 Å². The lowest BCUT2D eigenvalue weighted by molar-refractivity contribution is 0.0996. The Hall–Kier alpha value is -1.03. The summed E-state index contributed by atoms with van der Waals surface area (Å²) in [5.74, 6) is 1.30. The van der Waals surface area contributed by atoms with Gasteiger partial charge in [0, 0.05) is 4.47 Å². The average molecular weight is 326 g/mol. The van der Waals surface area contributed by atoms with Crippen LogP contribution in [-0.2, 0) is 0 Å². The number of halogens is 1. The number of hydrogen-bond acceptors (Lipinski definition) is 3. The lowest BCUT2D eigenvalue weighted by Gasteiger charge is -2.28. The Morgan fingerprint density at radius 1 is 1.32 bits per heavy atom. The minimum Gasteiger partial charge on any atom is -0.488 e. The molecule has 0 atom stereocenters. The average Bonchev–Trinajstić information content (AvgIpc) is 2.34. The van der Waals surface area contributed by atoms with Crippen molar-refractivity contribution >= 4 is 27.4 Å². The molecule has 0 aliphatic heterocycles. The second-order valence-corrected chi connectivity index (χ2v) is 6.34. The Labute approximate surface area is 122 Å². The molecule has 0 bridgehead atoms. The number of ether oxygens (including phenoxy) is 1. The van der Waals surface area contributed by atoms with Gasteiger partial charge in [-0.25, -0.2) is 0 Å². The summed E-state index contributed by atoms with van der Waals surface area (Å²) in [6, 6.07) is 3.56. The zero-order valence-electron chi connectivity index (χ0n) is 11.4. The van der Waals surface area contributed by atoms with Crippen LogP contribution in [0.5, 0.6) is 5.75 Å². The fourth-order valence-electron chi connectivity index (χ4n) is 2.52. The normalized spacial score (nSPS) is 23.1. The molecule has 0 heterocycles. The fraction of sp³-hybridized carbons (Fsp3) is 0.533. The Morgan fingerprint density at radius 2 is 1.95 bits per heavy atom. The van der Waals surface area contributed by atoms with E-state index < -0.39 is 0 Å². The SMILES string of the molecule is CC(=O)c1cc(Br)cc(N)c1OC1CCC(C)CC1. The third-order valence-electron chi connectivity index (χ3n) is 3.71. The number of rotatable bonds is 3. The highest BCUT2D eigenvalue weighted by Crippen LogP contribution is 2.35. The van der Waals surface area contributed by atoms with E-state index in [9.17, 15) is 4.79 Å². The van der Waals surface area contributed by atoms with E-state index in [4.69, 9.17) is 10.5 Å². The van der Waals surface area contributed by atoms with Gasteiger partial charge in [-0.3, -0.25) is 4.79 Å². The minimum atomic E-state index is -0.0211. The number of Topliss-reactive ketones (excluding diaryl/α,β-unsaturated/α-hetero) is 1. The van der Waals surface area contributed by atoms with Crippen molar-refractivity contribution in [2.24, 2.45) is 5.92 Å². The summed E-state index contributed by atoms with van der Waals surface area (Å²) in [7, 11) is 0. The van der Waals surface area contributed by atoms with Crippen molar-refractivity contribution in [3.8, 4) is 5.75 Å². The molecule has 0 radical (unpaired) electrons. The van der Waals surface area contributed by atoms with E-state index in [1.54, 1.807) is 12.1 Å². The van der Waals surface area contributed by atoms with Crippen molar-refractivity contribution in [2.45, 2.75) is 45.6 Å². The van der Waals surface area contributed by atoms with Gasteiger partial charge >= 0.3 is 0 Å². The first kappa shape index (κ1) is 14.4. The Kier molecular flexibility index (Phi) is 4.50. The van der Waals surface area contributed by atoms with E-state index >= 15 is 0 Å². The topological polar surface area (TPSA) is 52.3 Å².